The summed E-state index contributed by atoms with van der Waals surface area (Å²) in [6.45, 7) is 0. The molecule has 0 fully saturated rings. The van der Waals surface area contributed by atoms with Gasteiger partial charge in [0, 0.05) is 37.9 Å². The second kappa shape index (κ2) is 6.22. The zero-order valence-electron chi connectivity index (χ0n) is 12.6. The van der Waals surface area contributed by atoms with Crippen LogP contribution in [0.5, 0.6) is 0 Å². The molecule has 0 spiro atoms. The number of aromatic nitrogens is 2. The Kier molecular flexibility index (Phi) is 3.96. The highest BCUT2D eigenvalue weighted by Crippen LogP contribution is 2.22. The first-order valence-electron chi connectivity index (χ1n) is 7.00. The average molecular weight is 291 g/mol. The predicted octanol–water partition coefficient (Wildman–Crippen LogP) is 4.35. The molecule has 0 saturated carbocycles. The minimum absolute atomic E-state index is 0.820. The molecule has 0 unspecified atom stereocenters. The Morgan fingerprint density at radius 1 is 0.864 bits per heavy atom. The monoisotopic (exact) mass is 291 g/mol. The summed E-state index contributed by atoms with van der Waals surface area (Å²) in [5.74, 6) is 0. The topological polar surface area (TPSA) is 45.8 Å². The van der Waals surface area contributed by atoms with Gasteiger partial charge in [-0.3, -0.25) is 0 Å². The van der Waals surface area contributed by atoms with Crippen molar-refractivity contribution in [1.29, 1.82) is 0 Å². The third-order valence-corrected chi connectivity index (χ3v) is 3.30. The third-order valence-electron chi connectivity index (χ3n) is 3.30. The van der Waals surface area contributed by atoms with E-state index < -0.39 is 0 Å². The van der Waals surface area contributed by atoms with Crippen molar-refractivity contribution in [3.63, 3.8) is 0 Å². The average Bonchev–Trinajstić information content (AvgIpc) is 3.08. The van der Waals surface area contributed by atoms with Gasteiger partial charge in [-0.2, -0.15) is 10.2 Å². The van der Waals surface area contributed by atoms with Gasteiger partial charge in [-0.25, -0.2) is 4.98 Å². The van der Waals surface area contributed by atoms with Crippen LogP contribution in [0.4, 0.5) is 17.1 Å². The smallest absolute Gasteiger partial charge is 0.0991 e. The lowest BCUT2D eigenvalue weighted by Crippen LogP contribution is -2.07. The number of imidazole rings is 1. The highest BCUT2D eigenvalue weighted by Gasteiger charge is 1.97. The van der Waals surface area contributed by atoms with Gasteiger partial charge in [-0.05, 0) is 48.5 Å². The van der Waals surface area contributed by atoms with Crippen LogP contribution in [0.15, 0.2) is 77.5 Å². The largest absolute Gasteiger partial charge is 0.378 e. The number of benzene rings is 2. The molecule has 5 nitrogen and oxygen atoms in total. The normalized spacial score (nSPS) is 11.0. The molecule has 2 aromatic carbocycles. The van der Waals surface area contributed by atoms with Gasteiger partial charge in [0.25, 0.3) is 0 Å². The molecule has 0 aliphatic rings. The highest BCUT2D eigenvalue weighted by atomic mass is 15.1. The van der Waals surface area contributed by atoms with Crippen molar-refractivity contribution in [3.8, 4) is 5.69 Å². The number of hydrogen-bond donors (Lipinski definition) is 0. The molecule has 22 heavy (non-hydrogen) atoms. The van der Waals surface area contributed by atoms with Gasteiger partial charge in [0.05, 0.1) is 17.7 Å². The Hall–Kier alpha value is -2.95. The lowest BCUT2D eigenvalue weighted by atomic mass is 10.3. The molecule has 3 aromatic rings. The molecule has 0 saturated heterocycles. The second-order valence-electron chi connectivity index (χ2n) is 5.10. The van der Waals surface area contributed by atoms with Crippen molar-refractivity contribution in [2.75, 3.05) is 19.0 Å². The van der Waals surface area contributed by atoms with Crippen LogP contribution in [0.2, 0.25) is 0 Å². The van der Waals surface area contributed by atoms with Crippen LogP contribution in [0.3, 0.4) is 0 Å². The highest BCUT2D eigenvalue weighted by molar-refractivity contribution is 5.52. The zero-order chi connectivity index (χ0) is 15.4. The van der Waals surface area contributed by atoms with Crippen molar-refractivity contribution < 1.29 is 0 Å². The molecule has 0 amide bonds. The Morgan fingerprint density at radius 2 is 1.45 bits per heavy atom. The van der Waals surface area contributed by atoms with Crippen molar-refractivity contribution in [2.24, 2.45) is 10.2 Å². The summed E-state index contributed by atoms with van der Waals surface area (Å²) < 4.78 is 1.95. The van der Waals surface area contributed by atoms with Gasteiger partial charge in [-0.15, -0.1) is 0 Å². The lowest BCUT2D eigenvalue weighted by molar-refractivity contribution is 1.06. The fourth-order valence-electron chi connectivity index (χ4n) is 2.04. The summed E-state index contributed by atoms with van der Waals surface area (Å²) in [6, 6.07) is 15.8. The van der Waals surface area contributed by atoms with E-state index in [2.05, 4.69) is 20.1 Å². The van der Waals surface area contributed by atoms with Gasteiger partial charge in [-0.1, -0.05) is 0 Å². The molecule has 0 aliphatic heterocycles. The van der Waals surface area contributed by atoms with E-state index in [1.165, 1.54) is 0 Å². The summed E-state index contributed by atoms with van der Waals surface area (Å²) in [4.78, 5) is 6.09. The maximum Gasteiger partial charge on any atom is 0.0991 e. The van der Waals surface area contributed by atoms with Crippen LogP contribution in [-0.4, -0.2) is 23.6 Å². The quantitative estimate of drug-likeness (QED) is 0.671. The molecule has 3 rings (SSSR count). The SMILES string of the molecule is CN(C)c1ccc(N=Nc2ccc(-n3ccnc3)cc2)cc1. The maximum atomic E-state index is 4.26. The minimum atomic E-state index is 0.820. The predicted molar refractivity (Wildman–Crippen MR) is 88.5 cm³/mol. The molecule has 5 heteroatoms. The Balaban J connectivity index is 1.72. The minimum Gasteiger partial charge on any atom is -0.378 e. The van der Waals surface area contributed by atoms with E-state index in [-0.39, 0.29) is 0 Å². The Labute approximate surface area is 129 Å². The summed E-state index contributed by atoms with van der Waals surface area (Å²) in [7, 11) is 4.02. The summed E-state index contributed by atoms with van der Waals surface area (Å²) in [5, 5.41) is 8.52. The fourth-order valence-corrected chi connectivity index (χ4v) is 2.04. The van der Waals surface area contributed by atoms with Crippen LogP contribution in [0.1, 0.15) is 0 Å². The first-order valence-corrected chi connectivity index (χ1v) is 7.00. The maximum absolute atomic E-state index is 4.26. The van der Waals surface area contributed by atoms with Crippen molar-refractivity contribution in [2.45, 2.75) is 0 Å². The number of rotatable bonds is 4. The molecule has 0 radical (unpaired) electrons. The Bertz CT molecular complexity index is 741. The lowest BCUT2D eigenvalue weighted by Gasteiger charge is -2.11. The van der Waals surface area contributed by atoms with E-state index in [0.717, 1.165) is 22.7 Å². The van der Waals surface area contributed by atoms with E-state index in [1.54, 1.807) is 12.5 Å². The van der Waals surface area contributed by atoms with E-state index >= 15 is 0 Å². The van der Waals surface area contributed by atoms with Crippen LogP contribution in [-0.2, 0) is 0 Å². The van der Waals surface area contributed by atoms with E-state index in [9.17, 15) is 0 Å². The standard InChI is InChI=1S/C17H17N5/c1-21(2)16-7-3-14(4-8-16)19-20-15-5-9-17(10-6-15)22-12-11-18-13-22/h3-13H,1-2H3. The molecule has 1 heterocycles. The number of anilines is 1. The zero-order valence-corrected chi connectivity index (χ0v) is 12.6. The van der Waals surface area contributed by atoms with Gasteiger partial charge in [0.15, 0.2) is 0 Å². The van der Waals surface area contributed by atoms with Crippen molar-refractivity contribution >= 4 is 17.1 Å². The van der Waals surface area contributed by atoms with Crippen LogP contribution >= 0.6 is 0 Å². The third kappa shape index (κ3) is 3.20. The van der Waals surface area contributed by atoms with Crippen LogP contribution in [0.25, 0.3) is 5.69 Å². The fraction of sp³-hybridized carbons (Fsp3) is 0.118. The number of hydrogen-bond acceptors (Lipinski definition) is 4. The molecule has 0 N–H and O–H groups in total. The summed E-state index contributed by atoms with van der Waals surface area (Å²) in [5.41, 5.74) is 3.85. The summed E-state index contributed by atoms with van der Waals surface area (Å²) in [6.07, 6.45) is 5.43. The molecule has 110 valence electrons. The first kappa shape index (κ1) is 14.0. The molecule has 0 bridgehead atoms. The van der Waals surface area contributed by atoms with Crippen LogP contribution in [0, 0.1) is 0 Å². The van der Waals surface area contributed by atoms with Gasteiger partial charge in [0.2, 0.25) is 0 Å². The summed E-state index contributed by atoms with van der Waals surface area (Å²) >= 11 is 0. The molecule has 1 aromatic heterocycles. The van der Waals surface area contributed by atoms with Gasteiger partial charge < -0.3 is 9.47 Å². The molecular weight excluding hydrogens is 274 g/mol. The van der Waals surface area contributed by atoms with E-state index in [1.807, 2.05) is 73.4 Å². The second-order valence-corrected chi connectivity index (χ2v) is 5.10. The van der Waals surface area contributed by atoms with Gasteiger partial charge in [0.1, 0.15) is 0 Å². The van der Waals surface area contributed by atoms with Crippen molar-refractivity contribution in [1.82, 2.24) is 9.55 Å². The van der Waals surface area contributed by atoms with Gasteiger partial charge >= 0.3 is 0 Å². The molecule has 0 aliphatic carbocycles. The van der Waals surface area contributed by atoms with Crippen molar-refractivity contribution in [3.05, 3.63) is 67.3 Å². The van der Waals surface area contributed by atoms with Crippen LogP contribution < -0.4 is 4.90 Å². The molecule has 0 atom stereocenters. The first-order chi connectivity index (χ1) is 10.7. The Morgan fingerprint density at radius 3 is 1.95 bits per heavy atom. The van der Waals surface area contributed by atoms with E-state index in [4.69, 9.17) is 0 Å². The van der Waals surface area contributed by atoms with E-state index in [0.29, 0.717) is 0 Å². The number of azo groups is 1. The number of nitrogens with zero attached hydrogens (tertiary/aromatic N) is 5. The molecular formula is C17H17N5.